The molecule has 2 amide bonds. The van der Waals surface area contributed by atoms with Crippen molar-refractivity contribution in [3.8, 4) is 0 Å². The summed E-state index contributed by atoms with van der Waals surface area (Å²) in [5.74, 6) is 0.365. The van der Waals surface area contributed by atoms with Crippen LogP contribution in [0.15, 0.2) is 47.1 Å². The molecule has 2 aliphatic rings. The van der Waals surface area contributed by atoms with Crippen molar-refractivity contribution in [2.75, 3.05) is 28.8 Å². The fraction of sp³-hybridized carbons (Fsp3) is 0.320. The Morgan fingerprint density at radius 1 is 1.14 bits per heavy atom. The summed E-state index contributed by atoms with van der Waals surface area (Å²) in [6.07, 6.45) is 1.66. The number of benzene rings is 2. The van der Waals surface area contributed by atoms with Crippen LogP contribution >= 0.6 is 15.9 Å². The van der Waals surface area contributed by atoms with Crippen LogP contribution in [0.4, 0.5) is 32.3 Å². The maximum atomic E-state index is 14.5. The van der Waals surface area contributed by atoms with E-state index in [1.54, 1.807) is 25.4 Å². The quantitative estimate of drug-likeness (QED) is 0.484. The number of nitrogens with zero attached hydrogens (tertiary/aromatic N) is 5. The molecule has 35 heavy (non-hydrogen) atoms. The molecule has 0 radical (unpaired) electrons. The van der Waals surface area contributed by atoms with E-state index in [0.717, 1.165) is 18.8 Å². The van der Waals surface area contributed by atoms with Crippen LogP contribution < -0.4 is 15.1 Å². The lowest BCUT2D eigenvalue weighted by Gasteiger charge is -2.34. The Bertz CT molecular complexity index is 1300. The number of aliphatic hydroxyl groups excluding tert-OH is 1. The number of carbonyl (C=O) groups is 1. The van der Waals surface area contributed by atoms with E-state index in [1.165, 1.54) is 27.0 Å². The molecule has 0 saturated carbocycles. The predicted octanol–water partition coefficient (Wildman–Crippen LogP) is 4.78. The monoisotopic (exact) mass is 540 g/mol. The molecule has 3 aromatic rings. The van der Waals surface area contributed by atoms with Gasteiger partial charge in [0.1, 0.15) is 11.6 Å². The molecule has 0 bridgehead atoms. The summed E-state index contributed by atoms with van der Waals surface area (Å²) >= 11 is 3.35. The molecule has 0 unspecified atom stereocenters. The van der Waals surface area contributed by atoms with Crippen LogP contribution in [0, 0.1) is 5.82 Å². The number of amides is 2. The van der Waals surface area contributed by atoms with Crippen molar-refractivity contribution in [3.63, 3.8) is 0 Å². The van der Waals surface area contributed by atoms with E-state index in [0.29, 0.717) is 21.8 Å². The molecule has 3 heterocycles. The summed E-state index contributed by atoms with van der Waals surface area (Å²) in [7, 11) is 1.62. The molecule has 0 aliphatic carbocycles. The SMILES string of the molecule is CN1C(=O)N(c2c(F)cccc2Br)Cc2cnc(Nc3ccc4c(c3)CN(C(C)(C)CO)C4)nc21. The van der Waals surface area contributed by atoms with Crippen molar-refractivity contribution in [1.82, 2.24) is 14.9 Å². The third-order valence-electron chi connectivity index (χ3n) is 6.64. The van der Waals surface area contributed by atoms with E-state index < -0.39 is 5.82 Å². The Morgan fingerprint density at radius 3 is 2.66 bits per heavy atom. The van der Waals surface area contributed by atoms with Crippen LogP contribution in [0.3, 0.4) is 0 Å². The van der Waals surface area contributed by atoms with Crippen LogP contribution in [0.2, 0.25) is 0 Å². The zero-order valence-electron chi connectivity index (χ0n) is 19.7. The van der Waals surface area contributed by atoms with E-state index in [-0.39, 0.29) is 30.4 Å². The van der Waals surface area contributed by atoms with Gasteiger partial charge in [0.2, 0.25) is 5.95 Å². The van der Waals surface area contributed by atoms with Crippen molar-refractivity contribution >= 4 is 45.1 Å². The number of hydrogen-bond acceptors (Lipinski definition) is 6. The summed E-state index contributed by atoms with van der Waals surface area (Å²) in [5, 5.41) is 12.9. The molecule has 2 aliphatic heterocycles. The maximum Gasteiger partial charge on any atom is 0.330 e. The third-order valence-corrected chi connectivity index (χ3v) is 7.28. The number of urea groups is 1. The lowest BCUT2D eigenvalue weighted by atomic mass is 10.1. The Morgan fingerprint density at radius 2 is 1.91 bits per heavy atom. The lowest BCUT2D eigenvalue weighted by Crippen LogP contribution is -2.46. The van der Waals surface area contributed by atoms with Crippen molar-refractivity contribution in [2.24, 2.45) is 0 Å². The molecule has 10 heteroatoms. The minimum absolute atomic E-state index is 0.0899. The van der Waals surface area contributed by atoms with Crippen molar-refractivity contribution in [1.29, 1.82) is 0 Å². The molecule has 2 N–H and O–H groups in total. The second-order valence-corrected chi connectivity index (χ2v) is 10.3. The Labute approximate surface area is 211 Å². The van der Waals surface area contributed by atoms with Gasteiger partial charge < -0.3 is 10.4 Å². The first-order chi connectivity index (χ1) is 16.7. The molecule has 0 saturated heterocycles. The van der Waals surface area contributed by atoms with Gasteiger partial charge in [-0.3, -0.25) is 14.7 Å². The van der Waals surface area contributed by atoms with Gasteiger partial charge in [-0.15, -0.1) is 0 Å². The number of halogens is 2. The first-order valence-electron chi connectivity index (χ1n) is 11.3. The lowest BCUT2D eigenvalue weighted by molar-refractivity contribution is 0.0545. The summed E-state index contributed by atoms with van der Waals surface area (Å²) in [5.41, 5.74) is 3.87. The highest BCUT2D eigenvalue weighted by Crippen LogP contribution is 2.36. The smallest absolute Gasteiger partial charge is 0.330 e. The molecule has 8 nitrogen and oxygen atoms in total. The number of para-hydroxylation sites is 1. The predicted molar refractivity (Wildman–Crippen MR) is 136 cm³/mol. The van der Waals surface area contributed by atoms with E-state index >= 15 is 0 Å². The third kappa shape index (κ3) is 4.26. The summed E-state index contributed by atoms with van der Waals surface area (Å²) in [6, 6.07) is 10.3. The van der Waals surface area contributed by atoms with Crippen molar-refractivity contribution < 1.29 is 14.3 Å². The molecule has 0 fully saturated rings. The highest BCUT2D eigenvalue weighted by molar-refractivity contribution is 9.10. The molecule has 2 aromatic carbocycles. The largest absolute Gasteiger partial charge is 0.394 e. The first-order valence-corrected chi connectivity index (χ1v) is 12.1. The van der Waals surface area contributed by atoms with Gasteiger partial charge in [-0.25, -0.2) is 14.2 Å². The van der Waals surface area contributed by atoms with Crippen molar-refractivity contribution in [3.05, 3.63) is 69.6 Å². The number of carbonyl (C=O) groups excluding carboxylic acids is 1. The van der Waals surface area contributed by atoms with Gasteiger partial charge in [-0.1, -0.05) is 12.1 Å². The fourth-order valence-corrected chi connectivity index (χ4v) is 4.98. The van der Waals surface area contributed by atoms with E-state index in [2.05, 4.69) is 48.2 Å². The van der Waals surface area contributed by atoms with Gasteiger partial charge in [-0.05, 0) is 65.2 Å². The van der Waals surface area contributed by atoms with Gasteiger partial charge in [0.05, 0.1) is 18.8 Å². The molecule has 1 aromatic heterocycles. The van der Waals surface area contributed by atoms with Crippen LogP contribution in [-0.4, -0.2) is 45.2 Å². The summed E-state index contributed by atoms with van der Waals surface area (Å²) in [6.45, 7) is 5.86. The number of anilines is 4. The fourth-order valence-electron chi connectivity index (χ4n) is 4.42. The zero-order valence-corrected chi connectivity index (χ0v) is 21.3. The Kier molecular flexibility index (Phi) is 5.98. The summed E-state index contributed by atoms with van der Waals surface area (Å²) in [4.78, 5) is 27.1. The zero-order chi connectivity index (χ0) is 24.9. The standard InChI is InChI=1S/C25H26BrFN6O2/c1-25(2,14-34)32-11-15-7-8-18(9-16(15)12-32)29-23-28-10-17-13-33(24(35)31(3)22(17)30-23)21-19(26)5-4-6-20(21)27/h4-10,34H,11-14H2,1-3H3,(H,28,29,30). The molecule has 0 atom stereocenters. The van der Waals surface area contributed by atoms with E-state index in [9.17, 15) is 14.3 Å². The number of nitrogens with one attached hydrogen (secondary N) is 1. The average molecular weight is 541 g/mol. The number of aromatic nitrogens is 2. The van der Waals surface area contributed by atoms with E-state index in [4.69, 9.17) is 0 Å². The number of fused-ring (bicyclic) bond motifs is 2. The average Bonchev–Trinajstić information content (AvgIpc) is 3.27. The molecule has 182 valence electrons. The second-order valence-electron chi connectivity index (χ2n) is 9.48. The van der Waals surface area contributed by atoms with Crippen LogP contribution in [0.1, 0.15) is 30.5 Å². The highest BCUT2D eigenvalue weighted by Gasteiger charge is 2.34. The normalized spacial score (nSPS) is 15.9. The maximum absolute atomic E-state index is 14.5. The van der Waals surface area contributed by atoms with Crippen molar-refractivity contribution in [2.45, 2.75) is 39.0 Å². The van der Waals surface area contributed by atoms with Crippen LogP contribution in [-0.2, 0) is 19.6 Å². The topological polar surface area (TPSA) is 84.8 Å². The van der Waals surface area contributed by atoms with Gasteiger partial charge >= 0.3 is 6.03 Å². The minimum Gasteiger partial charge on any atom is -0.394 e. The van der Waals surface area contributed by atoms with Gasteiger partial charge in [0.25, 0.3) is 0 Å². The van der Waals surface area contributed by atoms with Gasteiger partial charge in [0, 0.05) is 47.6 Å². The second kappa shape index (κ2) is 8.85. The Hall–Kier alpha value is -3.08. The Balaban J connectivity index is 1.38. The van der Waals surface area contributed by atoms with E-state index in [1.807, 2.05) is 19.9 Å². The molecular formula is C25H26BrFN6O2. The first kappa shape index (κ1) is 23.7. The molecule has 0 spiro atoms. The minimum atomic E-state index is -0.485. The number of hydrogen-bond donors (Lipinski definition) is 2. The summed E-state index contributed by atoms with van der Waals surface area (Å²) < 4.78 is 15.0. The number of aliphatic hydroxyl groups is 1. The van der Waals surface area contributed by atoms with Gasteiger partial charge in [-0.2, -0.15) is 4.98 Å². The highest BCUT2D eigenvalue weighted by atomic mass is 79.9. The van der Waals surface area contributed by atoms with Crippen LogP contribution in [0.5, 0.6) is 0 Å². The number of rotatable bonds is 5. The van der Waals surface area contributed by atoms with Crippen LogP contribution in [0.25, 0.3) is 0 Å². The molecule has 5 rings (SSSR count). The van der Waals surface area contributed by atoms with Gasteiger partial charge in [0.15, 0.2) is 0 Å². The molecular weight excluding hydrogens is 515 g/mol.